The fraction of sp³-hybridized carbons (Fsp3) is 0.529. The molecule has 14 heteroatoms. The van der Waals surface area contributed by atoms with Gasteiger partial charge in [0.25, 0.3) is 5.91 Å². The minimum Gasteiger partial charge on any atom is -0.477 e. The fourth-order valence-electron chi connectivity index (χ4n) is 6.14. The molecular weight excluding hydrogens is 724 g/mol. The first kappa shape index (κ1) is 34.7. The van der Waals surface area contributed by atoms with E-state index in [4.69, 9.17) is 23.9 Å². The van der Waals surface area contributed by atoms with Gasteiger partial charge in [0.2, 0.25) is 5.88 Å². The van der Waals surface area contributed by atoms with Crippen LogP contribution in [0.1, 0.15) is 81.5 Å². The molecule has 3 aromatic heterocycles. The van der Waals surface area contributed by atoms with Gasteiger partial charge in [-0.1, -0.05) is 12.0 Å². The summed E-state index contributed by atoms with van der Waals surface area (Å²) < 4.78 is 31.2. The van der Waals surface area contributed by atoms with Gasteiger partial charge in [0.05, 0.1) is 50.0 Å². The molecule has 2 saturated heterocycles. The summed E-state index contributed by atoms with van der Waals surface area (Å²) in [5.41, 5.74) is 4.26. The van der Waals surface area contributed by atoms with Crippen molar-refractivity contribution >= 4 is 52.6 Å². The number of ether oxygens (including phenoxy) is 2. The molecule has 0 saturated carbocycles. The van der Waals surface area contributed by atoms with E-state index >= 15 is 0 Å². The van der Waals surface area contributed by atoms with E-state index in [0.29, 0.717) is 31.1 Å². The van der Waals surface area contributed by atoms with Gasteiger partial charge in [-0.3, -0.25) is 9.48 Å². The number of fused-ring (bicyclic) bond motifs is 1. The molecule has 2 fully saturated rings. The van der Waals surface area contributed by atoms with Crippen LogP contribution in [0, 0.1) is 10.5 Å². The quantitative estimate of drug-likeness (QED) is 0.110. The van der Waals surface area contributed by atoms with Gasteiger partial charge in [-0.15, -0.1) is 0 Å². The minimum absolute atomic E-state index is 0.0560. The smallest absolute Gasteiger partial charge is 0.477 e. The van der Waals surface area contributed by atoms with Crippen LogP contribution in [0.3, 0.4) is 0 Å². The maximum atomic E-state index is 13.1. The third-order valence-electron chi connectivity index (χ3n) is 9.62. The van der Waals surface area contributed by atoms with Crippen LogP contribution < -0.4 is 4.74 Å². The number of aromatic nitrogens is 6. The van der Waals surface area contributed by atoms with E-state index < -0.39 is 18.3 Å². The molecule has 0 N–H and O–H groups in total. The summed E-state index contributed by atoms with van der Waals surface area (Å²) in [5.74, 6) is 2.55. The summed E-state index contributed by atoms with van der Waals surface area (Å²) in [7, 11) is 5.00. The Labute approximate surface area is 296 Å². The van der Waals surface area contributed by atoms with E-state index in [1.165, 1.54) is 0 Å². The lowest BCUT2D eigenvalue weighted by Crippen LogP contribution is -2.41. The molecule has 0 spiro atoms. The summed E-state index contributed by atoms with van der Waals surface area (Å²) in [4.78, 5) is 14.8. The third kappa shape index (κ3) is 6.68. The van der Waals surface area contributed by atoms with Crippen molar-refractivity contribution in [3.63, 3.8) is 0 Å². The van der Waals surface area contributed by atoms with Crippen molar-refractivity contribution in [1.82, 2.24) is 34.2 Å². The van der Waals surface area contributed by atoms with E-state index in [1.807, 2.05) is 71.6 Å². The van der Waals surface area contributed by atoms with Crippen LogP contribution in [0.2, 0.25) is 0 Å². The Kier molecular flexibility index (Phi) is 9.82. The van der Waals surface area contributed by atoms with Crippen molar-refractivity contribution in [3.8, 4) is 17.0 Å². The molecule has 12 nitrogen and oxygen atoms in total. The van der Waals surface area contributed by atoms with Gasteiger partial charge >= 0.3 is 7.12 Å². The van der Waals surface area contributed by atoms with E-state index in [-0.39, 0.29) is 12.1 Å². The Morgan fingerprint density at radius 3 is 2.56 bits per heavy atom. The van der Waals surface area contributed by atoms with Crippen LogP contribution in [0.5, 0.6) is 5.88 Å². The highest BCUT2D eigenvalue weighted by molar-refractivity contribution is 14.1. The minimum atomic E-state index is -0.478. The van der Waals surface area contributed by atoms with E-state index in [2.05, 4.69) is 51.0 Å². The standard InChI is InChI=1S/C34H45BIN7O5/c1-22-29(36)30(41(7)38-22)31(44)40(6)17-11-19-46-32-25(21-37-42(32)8)23-13-14-27-24(20-23)26(39-43(27)28-12-9-10-18-45-28)15-16-35-47-33(2,3)34(4,5)48-35/h13-16,20-21,28H,9-12,17-19H2,1-8H3/b16-15+. The molecule has 48 heavy (non-hydrogen) atoms. The first-order chi connectivity index (χ1) is 22.8. The molecule has 2 aliphatic heterocycles. The zero-order valence-corrected chi connectivity index (χ0v) is 31.3. The van der Waals surface area contributed by atoms with Crippen molar-refractivity contribution < 1.29 is 23.6 Å². The van der Waals surface area contributed by atoms with Crippen LogP contribution in [-0.2, 0) is 28.1 Å². The number of nitrogens with zero attached hydrogens (tertiary/aromatic N) is 7. The van der Waals surface area contributed by atoms with Crippen LogP contribution in [0.15, 0.2) is 30.4 Å². The third-order valence-corrected chi connectivity index (χ3v) is 10.9. The van der Waals surface area contributed by atoms with Gasteiger partial charge in [0, 0.05) is 39.7 Å². The van der Waals surface area contributed by atoms with Gasteiger partial charge in [0.1, 0.15) is 5.69 Å². The Morgan fingerprint density at radius 1 is 1.15 bits per heavy atom. The molecule has 1 unspecified atom stereocenters. The van der Waals surface area contributed by atoms with Crippen molar-refractivity contribution in [2.24, 2.45) is 14.1 Å². The molecule has 1 aromatic carbocycles. The number of carbonyl (C=O) groups is 1. The number of halogens is 1. The molecular formula is C34H45BIN7O5. The summed E-state index contributed by atoms with van der Waals surface area (Å²) in [6.45, 7) is 11.8. The van der Waals surface area contributed by atoms with Gasteiger partial charge in [0.15, 0.2) is 6.23 Å². The lowest BCUT2D eigenvalue weighted by molar-refractivity contribution is -0.0367. The number of rotatable bonds is 10. The average molecular weight is 769 g/mol. The van der Waals surface area contributed by atoms with E-state index in [1.54, 1.807) is 21.3 Å². The SMILES string of the molecule is Cc1nn(C)c(C(=O)N(C)CCCOc2c(-c3ccc4c(c3)c(/C=C/B3OC(C)(C)C(C)(C)O3)nn4C3CCCCO3)cnn2C)c1I. The second-order valence-electron chi connectivity index (χ2n) is 13.7. The molecule has 0 radical (unpaired) electrons. The first-order valence-electron chi connectivity index (χ1n) is 16.5. The van der Waals surface area contributed by atoms with Crippen LogP contribution in [0.4, 0.5) is 0 Å². The topological polar surface area (TPSA) is 111 Å². The first-order valence-corrected chi connectivity index (χ1v) is 17.6. The van der Waals surface area contributed by atoms with Gasteiger partial charge in [-0.05, 0) is 107 Å². The number of aryl methyl sites for hydroxylation is 3. The molecule has 5 heterocycles. The summed E-state index contributed by atoms with van der Waals surface area (Å²) in [6.07, 6.45) is 7.44. The van der Waals surface area contributed by atoms with Crippen molar-refractivity contribution in [2.75, 3.05) is 26.8 Å². The molecule has 0 bridgehead atoms. The molecule has 1 amide bonds. The Hall–Kier alpha value is -3.21. The number of carbonyl (C=O) groups excluding carboxylic acids is 1. The summed E-state index contributed by atoms with van der Waals surface area (Å²) in [5, 5.41) is 14.9. The van der Waals surface area contributed by atoms with Crippen molar-refractivity contribution in [1.29, 1.82) is 0 Å². The maximum absolute atomic E-state index is 13.1. The van der Waals surface area contributed by atoms with Crippen LogP contribution >= 0.6 is 22.6 Å². The number of amides is 1. The van der Waals surface area contributed by atoms with Crippen molar-refractivity contribution in [2.45, 2.75) is 77.7 Å². The predicted octanol–water partition coefficient (Wildman–Crippen LogP) is 5.97. The fourth-order valence-corrected chi connectivity index (χ4v) is 6.83. The van der Waals surface area contributed by atoms with Gasteiger partial charge in [-0.25, -0.2) is 9.36 Å². The van der Waals surface area contributed by atoms with Crippen molar-refractivity contribution in [3.05, 3.63) is 51.0 Å². The second-order valence-corrected chi connectivity index (χ2v) is 14.7. The van der Waals surface area contributed by atoms with Gasteiger partial charge < -0.3 is 23.7 Å². The summed E-state index contributed by atoms with van der Waals surface area (Å²) in [6, 6.07) is 6.32. The Bertz CT molecular complexity index is 1820. The molecule has 2 aliphatic rings. The van der Waals surface area contributed by atoms with Crippen LogP contribution in [-0.4, -0.2) is 85.3 Å². The second kappa shape index (κ2) is 13.6. The predicted molar refractivity (Wildman–Crippen MR) is 194 cm³/mol. The number of benzene rings is 1. The highest BCUT2D eigenvalue weighted by Gasteiger charge is 2.50. The normalized spacial score (nSPS) is 19.1. The molecule has 0 aliphatic carbocycles. The highest BCUT2D eigenvalue weighted by Crippen LogP contribution is 2.38. The average Bonchev–Trinajstić information content (AvgIpc) is 3.73. The Morgan fingerprint density at radius 2 is 1.90 bits per heavy atom. The monoisotopic (exact) mass is 769 g/mol. The zero-order valence-electron chi connectivity index (χ0n) is 29.1. The maximum Gasteiger partial charge on any atom is 0.487 e. The highest BCUT2D eigenvalue weighted by atomic mass is 127. The molecule has 256 valence electrons. The number of hydrogen-bond donors (Lipinski definition) is 0. The molecule has 4 aromatic rings. The molecule has 6 rings (SSSR count). The van der Waals surface area contributed by atoms with E-state index in [0.717, 1.165) is 62.9 Å². The Balaban J connectivity index is 1.22. The van der Waals surface area contributed by atoms with Gasteiger partial charge in [-0.2, -0.15) is 15.3 Å². The lowest BCUT2D eigenvalue weighted by Gasteiger charge is -2.32. The van der Waals surface area contributed by atoms with Crippen LogP contribution in [0.25, 0.3) is 28.1 Å². The zero-order chi connectivity index (χ0) is 34.4. The largest absolute Gasteiger partial charge is 0.487 e. The lowest BCUT2D eigenvalue weighted by atomic mass is 9.89. The van der Waals surface area contributed by atoms with E-state index in [9.17, 15) is 4.79 Å². The summed E-state index contributed by atoms with van der Waals surface area (Å²) >= 11 is 2.18. The number of hydrogen-bond acceptors (Lipinski definition) is 8. The molecule has 1 atom stereocenters.